The third kappa shape index (κ3) is 6.03. The molecule has 0 unspecified atom stereocenters. The SMILES string of the molecule is COc1ccc([C@@H]2[C@@H](C(=O)N3CCC(Cc4ccccc4)CC3)CCC(=O)N2c2cc(OC)c(OC)c(OC)c2)cc1. The maximum absolute atomic E-state index is 14.2. The average molecular weight is 573 g/mol. The van der Waals surface area contributed by atoms with Crippen LogP contribution in [-0.2, 0) is 16.0 Å². The largest absolute Gasteiger partial charge is 0.497 e. The first-order chi connectivity index (χ1) is 20.5. The summed E-state index contributed by atoms with van der Waals surface area (Å²) in [7, 11) is 6.26. The molecule has 0 aromatic heterocycles. The predicted octanol–water partition coefficient (Wildman–Crippen LogP) is 5.69. The zero-order valence-electron chi connectivity index (χ0n) is 24.9. The molecule has 3 aromatic rings. The number of methoxy groups -OCH3 is 4. The summed E-state index contributed by atoms with van der Waals surface area (Å²) in [6, 6.07) is 21.2. The molecule has 0 saturated carbocycles. The fraction of sp³-hybridized carbons (Fsp3) is 0.412. The monoisotopic (exact) mass is 572 g/mol. The molecule has 2 saturated heterocycles. The molecule has 2 fully saturated rings. The Morgan fingerprint density at radius 3 is 2.02 bits per heavy atom. The van der Waals surface area contributed by atoms with E-state index in [9.17, 15) is 9.59 Å². The number of hydrogen-bond acceptors (Lipinski definition) is 6. The van der Waals surface area contributed by atoms with Crippen molar-refractivity contribution in [3.05, 3.63) is 77.9 Å². The number of carbonyl (C=O) groups is 2. The van der Waals surface area contributed by atoms with Crippen molar-refractivity contribution in [2.45, 2.75) is 38.1 Å². The van der Waals surface area contributed by atoms with Crippen molar-refractivity contribution in [2.24, 2.45) is 11.8 Å². The molecule has 222 valence electrons. The molecule has 0 aliphatic carbocycles. The lowest BCUT2D eigenvalue weighted by molar-refractivity contribution is -0.139. The Bertz CT molecular complexity index is 1340. The second-order valence-corrected chi connectivity index (χ2v) is 11.0. The van der Waals surface area contributed by atoms with E-state index in [0.29, 0.717) is 41.0 Å². The highest BCUT2D eigenvalue weighted by atomic mass is 16.5. The second-order valence-electron chi connectivity index (χ2n) is 11.0. The van der Waals surface area contributed by atoms with Crippen LogP contribution in [0.3, 0.4) is 0 Å². The number of hydrogen-bond donors (Lipinski definition) is 0. The first kappa shape index (κ1) is 29.3. The van der Waals surface area contributed by atoms with E-state index in [4.69, 9.17) is 18.9 Å². The van der Waals surface area contributed by atoms with Crippen molar-refractivity contribution >= 4 is 17.5 Å². The van der Waals surface area contributed by atoms with Gasteiger partial charge in [-0.2, -0.15) is 0 Å². The van der Waals surface area contributed by atoms with Gasteiger partial charge in [-0.15, -0.1) is 0 Å². The van der Waals surface area contributed by atoms with Crippen molar-refractivity contribution in [3.8, 4) is 23.0 Å². The van der Waals surface area contributed by atoms with Gasteiger partial charge in [0.1, 0.15) is 5.75 Å². The third-order valence-electron chi connectivity index (χ3n) is 8.59. The molecule has 0 N–H and O–H groups in total. The van der Waals surface area contributed by atoms with Crippen molar-refractivity contribution in [1.29, 1.82) is 0 Å². The van der Waals surface area contributed by atoms with E-state index < -0.39 is 12.0 Å². The zero-order chi connectivity index (χ0) is 29.6. The van der Waals surface area contributed by atoms with Crippen LogP contribution < -0.4 is 23.8 Å². The predicted molar refractivity (Wildman–Crippen MR) is 161 cm³/mol. The number of rotatable bonds is 9. The van der Waals surface area contributed by atoms with E-state index in [1.807, 2.05) is 35.2 Å². The van der Waals surface area contributed by atoms with Gasteiger partial charge in [0.15, 0.2) is 11.5 Å². The van der Waals surface area contributed by atoms with Gasteiger partial charge >= 0.3 is 0 Å². The topological polar surface area (TPSA) is 77.5 Å². The Labute approximate surface area is 248 Å². The Morgan fingerprint density at radius 1 is 0.810 bits per heavy atom. The molecule has 0 radical (unpaired) electrons. The van der Waals surface area contributed by atoms with Crippen molar-refractivity contribution < 1.29 is 28.5 Å². The Balaban J connectivity index is 1.46. The van der Waals surface area contributed by atoms with Gasteiger partial charge in [-0.05, 0) is 54.9 Å². The molecule has 2 amide bonds. The molecule has 8 nitrogen and oxygen atoms in total. The number of piperidine rings is 2. The molecule has 2 aliphatic heterocycles. The van der Waals surface area contributed by atoms with Crippen LogP contribution in [0, 0.1) is 11.8 Å². The quantitative estimate of drug-likeness (QED) is 0.328. The lowest BCUT2D eigenvalue weighted by Gasteiger charge is -2.43. The van der Waals surface area contributed by atoms with Crippen molar-refractivity contribution in [3.63, 3.8) is 0 Å². The van der Waals surface area contributed by atoms with E-state index in [2.05, 4.69) is 24.3 Å². The first-order valence-electron chi connectivity index (χ1n) is 14.6. The maximum atomic E-state index is 14.2. The summed E-state index contributed by atoms with van der Waals surface area (Å²) < 4.78 is 22.1. The van der Waals surface area contributed by atoms with Crippen LogP contribution in [0.2, 0.25) is 0 Å². The minimum atomic E-state index is -0.505. The molecular formula is C34H40N2O6. The minimum absolute atomic E-state index is 0.0595. The van der Waals surface area contributed by atoms with Crippen LogP contribution in [-0.4, -0.2) is 58.2 Å². The van der Waals surface area contributed by atoms with Crippen molar-refractivity contribution in [2.75, 3.05) is 46.4 Å². The smallest absolute Gasteiger partial charge is 0.228 e. The van der Waals surface area contributed by atoms with Crippen LogP contribution >= 0.6 is 0 Å². The van der Waals surface area contributed by atoms with E-state index in [0.717, 1.165) is 37.9 Å². The molecule has 42 heavy (non-hydrogen) atoms. The molecule has 2 atom stereocenters. The zero-order valence-corrected chi connectivity index (χ0v) is 24.9. The molecule has 3 aromatic carbocycles. The Hall–Kier alpha value is -4.20. The van der Waals surface area contributed by atoms with Crippen LogP contribution in [0.1, 0.15) is 42.9 Å². The van der Waals surface area contributed by atoms with Gasteiger partial charge in [-0.1, -0.05) is 42.5 Å². The van der Waals surface area contributed by atoms with E-state index >= 15 is 0 Å². The summed E-state index contributed by atoms with van der Waals surface area (Å²) in [4.78, 5) is 31.7. The fourth-order valence-corrected chi connectivity index (χ4v) is 6.38. The summed E-state index contributed by atoms with van der Waals surface area (Å²) >= 11 is 0. The van der Waals surface area contributed by atoms with E-state index in [-0.39, 0.29) is 18.2 Å². The number of amides is 2. The number of nitrogens with zero attached hydrogens (tertiary/aromatic N) is 2. The number of carbonyl (C=O) groups excluding carboxylic acids is 2. The minimum Gasteiger partial charge on any atom is -0.497 e. The first-order valence-corrected chi connectivity index (χ1v) is 14.6. The standard InChI is InChI=1S/C34H40N2O6/c1-39-27-12-10-25(11-13-27)32-28(34(38)35-18-16-24(17-19-35)20-23-8-6-5-7-9-23)14-15-31(37)36(32)26-21-29(40-2)33(42-4)30(22-26)41-3/h5-13,21-22,24,28,32H,14-20H2,1-4H3/t28-,32+/m0/s1. The van der Waals surface area contributed by atoms with Gasteiger partial charge in [0.05, 0.1) is 46.1 Å². The molecule has 2 heterocycles. The lowest BCUT2D eigenvalue weighted by Crippen LogP contribution is -2.50. The Kier molecular flexibility index (Phi) is 9.20. The van der Waals surface area contributed by atoms with E-state index in [1.54, 1.807) is 45.5 Å². The molecular weight excluding hydrogens is 532 g/mol. The molecule has 0 spiro atoms. The van der Waals surface area contributed by atoms with Crippen LogP contribution in [0.4, 0.5) is 5.69 Å². The van der Waals surface area contributed by atoms with Gasteiger partial charge in [0.25, 0.3) is 0 Å². The summed E-state index contributed by atoms with van der Waals surface area (Å²) in [5.41, 5.74) is 2.80. The highest BCUT2D eigenvalue weighted by Gasteiger charge is 2.44. The summed E-state index contributed by atoms with van der Waals surface area (Å²) in [6.07, 6.45) is 3.72. The average Bonchev–Trinajstić information content (AvgIpc) is 3.04. The van der Waals surface area contributed by atoms with Crippen molar-refractivity contribution in [1.82, 2.24) is 4.90 Å². The van der Waals surface area contributed by atoms with Gasteiger partial charge in [-0.3, -0.25) is 9.59 Å². The molecule has 8 heteroatoms. The summed E-state index contributed by atoms with van der Waals surface area (Å²) in [5.74, 6) is 2.24. The normalized spacial score (nSPS) is 19.4. The number of anilines is 1. The van der Waals surface area contributed by atoms with Gasteiger partial charge in [-0.25, -0.2) is 0 Å². The Morgan fingerprint density at radius 2 is 1.45 bits per heavy atom. The van der Waals surface area contributed by atoms with Crippen LogP contribution in [0.5, 0.6) is 23.0 Å². The summed E-state index contributed by atoms with van der Waals surface area (Å²) in [6.45, 7) is 1.45. The second kappa shape index (κ2) is 13.2. The highest BCUT2D eigenvalue weighted by Crippen LogP contribution is 2.47. The number of likely N-dealkylation sites (tertiary alicyclic amines) is 1. The van der Waals surface area contributed by atoms with Crippen LogP contribution in [0.15, 0.2) is 66.7 Å². The maximum Gasteiger partial charge on any atom is 0.228 e. The molecule has 0 bridgehead atoms. The van der Waals surface area contributed by atoms with Gasteiger partial charge in [0, 0.05) is 31.6 Å². The molecule has 5 rings (SSSR count). The highest BCUT2D eigenvalue weighted by molar-refractivity contribution is 5.98. The number of ether oxygens (including phenoxy) is 4. The molecule has 2 aliphatic rings. The number of benzene rings is 3. The van der Waals surface area contributed by atoms with E-state index in [1.165, 1.54) is 5.56 Å². The van der Waals surface area contributed by atoms with Gasteiger partial charge in [0.2, 0.25) is 17.6 Å². The van der Waals surface area contributed by atoms with Crippen LogP contribution in [0.25, 0.3) is 0 Å². The summed E-state index contributed by atoms with van der Waals surface area (Å²) in [5, 5.41) is 0. The fourth-order valence-electron chi connectivity index (χ4n) is 6.38. The third-order valence-corrected chi connectivity index (χ3v) is 8.59. The van der Waals surface area contributed by atoms with Gasteiger partial charge < -0.3 is 28.7 Å². The lowest BCUT2D eigenvalue weighted by atomic mass is 9.82.